The van der Waals surface area contributed by atoms with Crippen molar-refractivity contribution in [3.05, 3.63) is 41.5 Å². The van der Waals surface area contributed by atoms with E-state index in [1.165, 1.54) is 19.9 Å². The van der Waals surface area contributed by atoms with E-state index in [0.29, 0.717) is 5.56 Å². The quantitative estimate of drug-likeness (QED) is 0.802. The van der Waals surface area contributed by atoms with Crippen molar-refractivity contribution in [1.29, 1.82) is 5.26 Å². The van der Waals surface area contributed by atoms with Crippen LogP contribution in [0.15, 0.2) is 30.3 Å². The van der Waals surface area contributed by atoms with Gasteiger partial charge in [-0.25, -0.2) is 4.79 Å². The Bertz CT molecular complexity index is 551. The maximum atomic E-state index is 11.5. The number of nitrogens with zero attached hydrogens (tertiary/aromatic N) is 1. The zero-order valence-corrected chi connectivity index (χ0v) is 10.7. The van der Waals surface area contributed by atoms with E-state index in [1.807, 2.05) is 6.07 Å². The van der Waals surface area contributed by atoms with Crippen molar-refractivity contribution in [2.75, 3.05) is 0 Å². The Morgan fingerprint density at radius 3 is 2.37 bits per heavy atom. The number of nitriles is 1. The molecule has 0 unspecified atom stereocenters. The Morgan fingerprint density at radius 2 is 1.89 bits per heavy atom. The molecular weight excluding hydrogens is 244 g/mol. The lowest BCUT2D eigenvalue weighted by atomic mass is 10.1. The fourth-order valence-corrected chi connectivity index (χ4v) is 1.24. The molecule has 0 radical (unpaired) electrons. The van der Waals surface area contributed by atoms with E-state index in [0.717, 1.165) is 5.56 Å². The van der Waals surface area contributed by atoms with E-state index in [9.17, 15) is 9.59 Å². The van der Waals surface area contributed by atoms with Crippen LogP contribution in [-0.2, 0) is 9.59 Å². The number of hydrogen-bond donors (Lipinski definition) is 2. The fourth-order valence-electron chi connectivity index (χ4n) is 1.24. The number of amides is 1. The number of carbonyl (C=O) groups is 2. The van der Waals surface area contributed by atoms with Crippen molar-refractivity contribution in [3.63, 3.8) is 0 Å². The Kier molecular flexibility index (Phi) is 4.43. The van der Waals surface area contributed by atoms with Gasteiger partial charge < -0.3 is 10.4 Å². The molecule has 0 saturated heterocycles. The third-order valence-corrected chi connectivity index (χ3v) is 2.44. The van der Waals surface area contributed by atoms with E-state index < -0.39 is 17.4 Å². The first kappa shape index (κ1) is 14.5. The SMILES string of the molecule is CC(C)(NC(=O)/C=C/c1ccc(C#N)cc1)C(=O)O. The van der Waals surface area contributed by atoms with E-state index in [2.05, 4.69) is 5.32 Å². The van der Waals surface area contributed by atoms with E-state index in [1.54, 1.807) is 30.3 Å². The molecule has 5 heteroatoms. The lowest BCUT2D eigenvalue weighted by Gasteiger charge is -2.19. The maximum absolute atomic E-state index is 11.5. The Hall–Kier alpha value is -2.61. The predicted molar refractivity (Wildman–Crippen MR) is 70.0 cm³/mol. The molecular formula is C14H14N2O3. The van der Waals surface area contributed by atoms with Crippen LogP contribution < -0.4 is 5.32 Å². The molecule has 1 aromatic carbocycles. The van der Waals surface area contributed by atoms with E-state index >= 15 is 0 Å². The van der Waals surface area contributed by atoms with Crippen LogP contribution in [-0.4, -0.2) is 22.5 Å². The van der Waals surface area contributed by atoms with Crippen molar-refractivity contribution < 1.29 is 14.7 Å². The molecule has 98 valence electrons. The molecule has 0 spiro atoms. The van der Waals surface area contributed by atoms with Gasteiger partial charge in [-0.15, -0.1) is 0 Å². The number of benzene rings is 1. The summed E-state index contributed by atoms with van der Waals surface area (Å²) in [6.45, 7) is 2.81. The largest absolute Gasteiger partial charge is 0.480 e. The molecule has 0 aliphatic heterocycles. The van der Waals surface area contributed by atoms with Gasteiger partial charge in [-0.2, -0.15) is 5.26 Å². The molecule has 0 bridgehead atoms. The molecule has 19 heavy (non-hydrogen) atoms. The van der Waals surface area contributed by atoms with Crippen LogP contribution in [0.5, 0.6) is 0 Å². The van der Waals surface area contributed by atoms with Gasteiger partial charge in [-0.3, -0.25) is 4.79 Å². The minimum Gasteiger partial charge on any atom is -0.480 e. The lowest BCUT2D eigenvalue weighted by Crippen LogP contribution is -2.49. The normalized spacial score (nSPS) is 11.0. The van der Waals surface area contributed by atoms with Crippen LogP contribution in [0.3, 0.4) is 0 Å². The number of aliphatic carboxylic acids is 1. The van der Waals surface area contributed by atoms with Crippen LogP contribution in [0.1, 0.15) is 25.0 Å². The third kappa shape index (κ3) is 4.28. The van der Waals surface area contributed by atoms with Crippen LogP contribution in [0, 0.1) is 11.3 Å². The Labute approximate surface area is 111 Å². The van der Waals surface area contributed by atoms with Gasteiger partial charge in [-0.05, 0) is 37.6 Å². The summed E-state index contributed by atoms with van der Waals surface area (Å²) < 4.78 is 0. The topological polar surface area (TPSA) is 90.2 Å². The van der Waals surface area contributed by atoms with Crippen LogP contribution in [0.2, 0.25) is 0 Å². The molecule has 1 aromatic rings. The number of hydrogen-bond acceptors (Lipinski definition) is 3. The number of carbonyl (C=O) groups excluding carboxylic acids is 1. The van der Waals surface area contributed by atoms with Gasteiger partial charge in [0.15, 0.2) is 0 Å². The van der Waals surface area contributed by atoms with Crippen LogP contribution >= 0.6 is 0 Å². The number of carboxylic acids is 1. The molecule has 0 aliphatic carbocycles. The second-order valence-electron chi connectivity index (χ2n) is 4.49. The molecule has 1 amide bonds. The fraction of sp³-hybridized carbons (Fsp3) is 0.214. The van der Waals surface area contributed by atoms with Crippen molar-refractivity contribution in [2.45, 2.75) is 19.4 Å². The lowest BCUT2D eigenvalue weighted by molar-refractivity contribution is -0.145. The highest BCUT2D eigenvalue weighted by Gasteiger charge is 2.27. The first-order chi connectivity index (χ1) is 8.85. The molecule has 1 rings (SSSR count). The summed E-state index contributed by atoms with van der Waals surface area (Å²) in [6, 6.07) is 8.67. The molecule has 0 aromatic heterocycles. The minimum atomic E-state index is -1.31. The Balaban J connectivity index is 2.69. The minimum absolute atomic E-state index is 0.489. The zero-order chi connectivity index (χ0) is 14.5. The maximum Gasteiger partial charge on any atom is 0.328 e. The standard InChI is InChI=1S/C14H14N2O3/c1-14(2,13(18)19)16-12(17)8-7-10-3-5-11(9-15)6-4-10/h3-8H,1-2H3,(H,16,17)(H,18,19)/b8-7+. The second-order valence-corrected chi connectivity index (χ2v) is 4.49. The Morgan fingerprint density at radius 1 is 1.32 bits per heavy atom. The number of nitrogens with one attached hydrogen (secondary N) is 1. The van der Waals surface area contributed by atoms with Gasteiger partial charge in [0.25, 0.3) is 0 Å². The first-order valence-corrected chi connectivity index (χ1v) is 5.59. The van der Waals surface area contributed by atoms with Gasteiger partial charge in [0.2, 0.25) is 5.91 Å². The first-order valence-electron chi connectivity index (χ1n) is 5.59. The monoisotopic (exact) mass is 258 g/mol. The summed E-state index contributed by atoms with van der Waals surface area (Å²) in [5.74, 6) is -1.59. The summed E-state index contributed by atoms with van der Waals surface area (Å²) in [7, 11) is 0. The van der Waals surface area contributed by atoms with E-state index in [4.69, 9.17) is 10.4 Å². The van der Waals surface area contributed by atoms with Gasteiger partial charge in [-0.1, -0.05) is 12.1 Å². The molecule has 0 fully saturated rings. The van der Waals surface area contributed by atoms with Crippen molar-refractivity contribution >= 4 is 18.0 Å². The van der Waals surface area contributed by atoms with Crippen molar-refractivity contribution in [3.8, 4) is 6.07 Å². The molecule has 2 N–H and O–H groups in total. The molecule has 0 aliphatic rings. The highest BCUT2D eigenvalue weighted by molar-refractivity contribution is 5.95. The van der Waals surface area contributed by atoms with Gasteiger partial charge in [0, 0.05) is 6.08 Å². The predicted octanol–water partition coefficient (Wildman–Crippen LogP) is 1.55. The average molecular weight is 258 g/mol. The van der Waals surface area contributed by atoms with Gasteiger partial charge >= 0.3 is 5.97 Å². The summed E-state index contributed by atoms with van der Waals surface area (Å²) in [5, 5.41) is 19.9. The van der Waals surface area contributed by atoms with Crippen LogP contribution in [0.4, 0.5) is 0 Å². The van der Waals surface area contributed by atoms with Crippen LogP contribution in [0.25, 0.3) is 6.08 Å². The van der Waals surface area contributed by atoms with E-state index in [-0.39, 0.29) is 0 Å². The van der Waals surface area contributed by atoms with Crippen molar-refractivity contribution in [1.82, 2.24) is 5.32 Å². The molecule has 0 atom stereocenters. The molecule has 0 heterocycles. The molecule has 0 saturated carbocycles. The number of rotatable bonds is 4. The summed E-state index contributed by atoms with van der Waals surface area (Å²) >= 11 is 0. The van der Waals surface area contributed by atoms with Gasteiger partial charge in [0.1, 0.15) is 5.54 Å². The zero-order valence-electron chi connectivity index (χ0n) is 10.7. The third-order valence-electron chi connectivity index (χ3n) is 2.44. The summed E-state index contributed by atoms with van der Waals surface area (Å²) in [6.07, 6.45) is 2.81. The summed E-state index contributed by atoms with van der Waals surface area (Å²) in [5.41, 5.74) is -0.0255. The highest BCUT2D eigenvalue weighted by atomic mass is 16.4. The van der Waals surface area contributed by atoms with Gasteiger partial charge in [0.05, 0.1) is 11.6 Å². The number of carboxylic acid groups (broad SMARTS) is 1. The second kappa shape index (κ2) is 5.83. The average Bonchev–Trinajstić information content (AvgIpc) is 2.36. The summed E-state index contributed by atoms with van der Waals surface area (Å²) in [4.78, 5) is 22.4. The van der Waals surface area contributed by atoms with Crippen molar-refractivity contribution in [2.24, 2.45) is 0 Å². The smallest absolute Gasteiger partial charge is 0.328 e. The molecule has 5 nitrogen and oxygen atoms in total. The highest BCUT2D eigenvalue weighted by Crippen LogP contribution is 2.06.